The summed E-state index contributed by atoms with van der Waals surface area (Å²) in [6, 6.07) is 0. The first kappa shape index (κ1) is 9.94. The van der Waals surface area contributed by atoms with Crippen LogP contribution in [0.3, 0.4) is 0 Å². The second-order valence-electron chi connectivity index (χ2n) is 0.658. The predicted molar refractivity (Wildman–Crippen MR) is 25.8 cm³/mol. The van der Waals surface area contributed by atoms with E-state index >= 15 is 0 Å². The quantitative estimate of drug-likeness (QED) is 0.442. The van der Waals surface area contributed by atoms with Crippen LogP contribution in [0.2, 0.25) is 0 Å². The van der Waals surface area contributed by atoms with Crippen LogP contribution in [0.5, 0.6) is 0 Å². The van der Waals surface area contributed by atoms with Crippen LogP contribution in [-0.2, 0) is 27.8 Å². The van der Waals surface area contributed by atoms with E-state index in [9.17, 15) is 17.5 Å². The van der Waals surface area contributed by atoms with Crippen LogP contribution in [0.1, 0.15) is 0 Å². The molecule has 9 heteroatoms. The number of rotatable bonds is 4. The third-order valence-corrected chi connectivity index (χ3v) is 4.11. The van der Waals surface area contributed by atoms with Crippen LogP contribution in [0.15, 0.2) is 0 Å². The van der Waals surface area contributed by atoms with Crippen molar-refractivity contribution in [2.24, 2.45) is 0 Å². The van der Waals surface area contributed by atoms with Gasteiger partial charge in [0.1, 0.15) is 0 Å². The van der Waals surface area contributed by atoms with Crippen molar-refractivity contribution < 1.29 is 22.6 Å². The molecule has 2 radical (unpaired) electrons. The molecular weight excluding hydrogens is 279 g/mol. The Kier molecular flexibility index (Phi) is 6.30. The fourth-order valence-corrected chi connectivity index (χ4v) is 1.96. The molecule has 2 unspecified atom stereocenters. The van der Waals surface area contributed by atoms with Gasteiger partial charge in [-0.15, -0.1) is 0 Å². The summed E-state index contributed by atoms with van der Waals surface area (Å²) in [7, 11) is 0. The fourth-order valence-electron chi connectivity index (χ4n) is 0.0694. The average molecular weight is 279 g/mol. The predicted octanol–water partition coefficient (Wildman–Crippen LogP) is -1.86. The van der Waals surface area contributed by atoms with Gasteiger partial charge >= 0.3 is 67.3 Å². The van der Waals surface area contributed by atoms with Crippen molar-refractivity contribution in [3.8, 4) is 0 Å². The average Bonchev–Trinajstić information content (AvgIpc) is 1.63. The van der Waals surface area contributed by atoms with Crippen molar-refractivity contribution in [1.82, 2.24) is 0 Å². The van der Waals surface area contributed by atoms with Crippen LogP contribution in [0, 0.1) is 0 Å². The maximum absolute atomic E-state index is 9.52. The Bertz CT molecular complexity index is 106. The molecule has 0 aliphatic rings. The third kappa shape index (κ3) is 8.94. The third-order valence-electron chi connectivity index (χ3n) is 0.204. The van der Waals surface area contributed by atoms with Crippen LogP contribution >= 0.6 is 0 Å². The molecule has 0 amide bonds. The van der Waals surface area contributed by atoms with Crippen LogP contribution in [-0.4, -0.2) is 39.5 Å². The Morgan fingerprint density at radius 1 is 1.11 bits per heavy atom. The van der Waals surface area contributed by atoms with Crippen molar-refractivity contribution in [1.29, 1.82) is 0 Å². The fraction of sp³-hybridized carbons (Fsp3) is 0. The Labute approximate surface area is 67.2 Å². The summed E-state index contributed by atoms with van der Waals surface area (Å²) in [5.41, 5.74) is 0. The van der Waals surface area contributed by atoms with E-state index in [0.29, 0.717) is 0 Å². The molecule has 0 aromatic rings. The van der Waals surface area contributed by atoms with Gasteiger partial charge in [-0.2, -0.15) is 0 Å². The summed E-state index contributed by atoms with van der Waals surface area (Å²) in [6.45, 7) is 0. The Morgan fingerprint density at radius 3 is 1.67 bits per heavy atom. The maximum atomic E-state index is 9.52. The summed E-state index contributed by atoms with van der Waals surface area (Å²) in [4.78, 5) is 0. The molecule has 0 aromatic carbocycles. The molecule has 0 aliphatic carbocycles. The van der Waals surface area contributed by atoms with Crippen LogP contribution < -0.4 is 0 Å². The standard InChI is InChI=1S/2H2O3S.Sn/c2*1-4(2)3;/h2*(H2,1,2,3);/q;;+2/p-4. The van der Waals surface area contributed by atoms with Gasteiger partial charge in [0.2, 0.25) is 0 Å². The molecule has 0 rings (SSSR count). The number of hydrogen-bond acceptors (Lipinski definition) is 6. The van der Waals surface area contributed by atoms with E-state index in [4.69, 9.17) is 0 Å². The van der Waals surface area contributed by atoms with Gasteiger partial charge in [0.05, 0.1) is 0 Å². The van der Waals surface area contributed by atoms with E-state index in [1.807, 2.05) is 0 Å². The van der Waals surface area contributed by atoms with E-state index < -0.39 is 44.7 Å². The number of hydrogen-bond donors (Lipinski definition) is 0. The molecule has 0 saturated heterocycles. The summed E-state index contributed by atoms with van der Waals surface area (Å²) >= 11 is -7.46. The van der Waals surface area contributed by atoms with Gasteiger partial charge in [-0.3, -0.25) is 0 Å². The van der Waals surface area contributed by atoms with Crippen molar-refractivity contribution in [2.45, 2.75) is 0 Å². The molecule has 0 fully saturated rings. The van der Waals surface area contributed by atoms with Gasteiger partial charge in [0, 0.05) is 0 Å². The monoisotopic (exact) mass is 280 g/mol. The van der Waals surface area contributed by atoms with Gasteiger partial charge in [0.25, 0.3) is 0 Å². The van der Waals surface area contributed by atoms with Crippen molar-refractivity contribution in [3.05, 3.63) is 0 Å². The molecule has 0 heterocycles. The molecule has 0 N–H and O–H groups in total. The summed E-state index contributed by atoms with van der Waals surface area (Å²) in [5.74, 6) is 0. The van der Waals surface area contributed by atoms with Gasteiger partial charge < -0.3 is 0 Å². The zero-order valence-electron chi connectivity index (χ0n) is 3.77. The van der Waals surface area contributed by atoms with Crippen LogP contribution in [0.25, 0.3) is 0 Å². The minimum atomic E-state index is -2.65. The van der Waals surface area contributed by atoms with Crippen molar-refractivity contribution in [3.63, 3.8) is 0 Å². The molecule has 0 aromatic heterocycles. The molecule has 54 valence electrons. The summed E-state index contributed by atoms with van der Waals surface area (Å²) in [6.07, 6.45) is 0. The van der Waals surface area contributed by atoms with Gasteiger partial charge in [0.15, 0.2) is 0 Å². The molecule has 0 aliphatic heterocycles. The molecular formula is O6S2Sn-2. The SMILES string of the molecule is O=S([O-])[O][Sn][O]S(=O)[O-]. The summed E-state index contributed by atoms with van der Waals surface area (Å²) < 4.78 is 45.7. The van der Waals surface area contributed by atoms with Gasteiger partial charge in [-0.1, -0.05) is 0 Å². The second-order valence-corrected chi connectivity index (χ2v) is 5.14. The molecule has 0 spiro atoms. The molecule has 2 atom stereocenters. The topological polar surface area (TPSA) is 98.7 Å². The normalized spacial score (nSPS) is 17.1. The van der Waals surface area contributed by atoms with E-state index in [2.05, 4.69) is 5.04 Å². The molecule has 9 heavy (non-hydrogen) atoms. The van der Waals surface area contributed by atoms with E-state index in [0.717, 1.165) is 0 Å². The first-order valence-electron chi connectivity index (χ1n) is 1.41. The Hall–Kier alpha value is 0.939. The molecule has 0 bridgehead atoms. The Morgan fingerprint density at radius 2 is 1.44 bits per heavy atom. The zero-order chi connectivity index (χ0) is 7.28. The minimum absolute atomic E-state index is 2.15. The van der Waals surface area contributed by atoms with E-state index in [1.54, 1.807) is 0 Å². The van der Waals surface area contributed by atoms with Crippen molar-refractivity contribution in [2.75, 3.05) is 0 Å². The first-order valence-corrected chi connectivity index (χ1v) is 5.74. The molecule has 6 nitrogen and oxygen atoms in total. The second kappa shape index (κ2) is 5.70. The van der Waals surface area contributed by atoms with Gasteiger partial charge in [-0.25, -0.2) is 0 Å². The van der Waals surface area contributed by atoms with Gasteiger partial charge in [-0.05, 0) is 0 Å². The Balaban J connectivity index is 3.10. The first-order chi connectivity index (χ1) is 4.13. The van der Waals surface area contributed by atoms with Crippen LogP contribution in [0.4, 0.5) is 0 Å². The van der Waals surface area contributed by atoms with E-state index in [-0.39, 0.29) is 0 Å². The summed E-state index contributed by atoms with van der Waals surface area (Å²) in [5, 5.41) is 0. The zero-order valence-corrected chi connectivity index (χ0v) is 8.25. The van der Waals surface area contributed by atoms with Crippen molar-refractivity contribution >= 4 is 44.7 Å². The van der Waals surface area contributed by atoms with E-state index in [1.165, 1.54) is 0 Å². The molecule has 0 saturated carbocycles.